The number of fused-ring (bicyclic) bond motifs is 1. The summed E-state index contributed by atoms with van der Waals surface area (Å²) in [6.07, 6.45) is 2.98. The molecular formula is C20H16F2N4O4. The van der Waals surface area contributed by atoms with Gasteiger partial charge in [0.25, 0.3) is 11.8 Å². The number of pyridine rings is 1. The minimum atomic E-state index is -3.14. The molecule has 2 heterocycles. The van der Waals surface area contributed by atoms with Crippen LogP contribution in [0.25, 0.3) is 17.0 Å². The van der Waals surface area contributed by atoms with Crippen LogP contribution in [-0.2, 0) is 9.59 Å². The number of carboxylic acids is 1. The molecule has 1 aliphatic heterocycles. The first kappa shape index (κ1) is 20.9. The fraction of sp³-hybridized carbons (Fsp3) is 0.250. The maximum absolute atomic E-state index is 13.5. The predicted octanol–water partition coefficient (Wildman–Crippen LogP) is 1.82. The van der Waals surface area contributed by atoms with Crippen LogP contribution in [0.1, 0.15) is 22.3 Å². The second-order valence-corrected chi connectivity index (χ2v) is 6.72. The zero-order valence-electron chi connectivity index (χ0n) is 15.5. The molecule has 0 radical (unpaired) electrons. The molecule has 154 valence electrons. The van der Waals surface area contributed by atoms with Gasteiger partial charge < -0.3 is 15.3 Å². The van der Waals surface area contributed by atoms with E-state index in [1.54, 1.807) is 24.3 Å². The second kappa shape index (κ2) is 8.24. The Kier molecular flexibility index (Phi) is 5.73. The van der Waals surface area contributed by atoms with Crippen molar-refractivity contribution < 1.29 is 28.3 Å². The number of benzene rings is 1. The van der Waals surface area contributed by atoms with Crippen molar-refractivity contribution in [3.05, 3.63) is 47.7 Å². The quantitative estimate of drug-likeness (QED) is 0.720. The van der Waals surface area contributed by atoms with Crippen LogP contribution in [0.3, 0.4) is 0 Å². The lowest BCUT2D eigenvalue weighted by atomic mass is 10.0. The Bertz CT molecular complexity index is 1090. The number of nitrogens with zero attached hydrogens (tertiary/aromatic N) is 3. The SMILES string of the molecule is N#C[C@@H]1CC(F)(F)CN1C(=O)CNC(=O)c1ccnc2ccc(/C=C/C(=O)O)cc12. The summed E-state index contributed by atoms with van der Waals surface area (Å²) < 4.78 is 27.0. The van der Waals surface area contributed by atoms with Crippen molar-refractivity contribution in [1.82, 2.24) is 15.2 Å². The van der Waals surface area contributed by atoms with Gasteiger partial charge in [0.05, 0.1) is 30.2 Å². The molecule has 1 saturated heterocycles. The lowest BCUT2D eigenvalue weighted by Crippen LogP contribution is -2.43. The van der Waals surface area contributed by atoms with Crippen LogP contribution in [0.5, 0.6) is 0 Å². The Morgan fingerprint density at radius 2 is 2.13 bits per heavy atom. The van der Waals surface area contributed by atoms with Crippen LogP contribution in [0, 0.1) is 11.3 Å². The molecule has 2 aromatic rings. The van der Waals surface area contributed by atoms with Gasteiger partial charge in [-0.2, -0.15) is 5.26 Å². The molecule has 2 amide bonds. The first-order valence-electron chi connectivity index (χ1n) is 8.85. The van der Waals surface area contributed by atoms with E-state index in [0.717, 1.165) is 11.0 Å². The summed E-state index contributed by atoms with van der Waals surface area (Å²) in [6, 6.07) is 6.68. The Balaban J connectivity index is 1.77. The molecule has 10 heteroatoms. The molecule has 2 N–H and O–H groups in total. The molecule has 1 aromatic heterocycles. The van der Waals surface area contributed by atoms with Crippen molar-refractivity contribution in [3.8, 4) is 6.07 Å². The number of carboxylic acid groups (broad SMARTS) is 1. The highest BCUT2D eigenvalue weighted by molar-refractivity contribution is 6.07. The van der Waals surface area contributed by atoms with Gasteiger partial charge in [-0.25, -0.2) is 13.6 Å². The average molecular weight is 414 g/mol. The first-order chi connectivity index (χ1) is 14.2. The summed E-state index contributed by atoms with van der Waals surface area (Å²) in [5.41, 5.74) is 1.19. The number of carbonyl (C=O) groups excluding carboxylic acids is 2. The van der Waals surface area contributed by atoms with Crippen molar-refractivity contribution in [2.75, 3.05) is 13.1 Å². The number of aliphatic carboxylic acids is 1. The molecule has 3 rings (SSSR count). The van der Waals surface area contributed by atoms with Gasteiger partial charge in [0.15, 0.2) is 0 Å². The molecule has 0 unspecified atom stereocenters. The largest absolute Gasteiger partial charge is 0.478 e. The Labute approximate surface area is 169 Å². The molecule has 8 nitrogen and oxygen atoms in total. The molecular weight excluding hydrogens is 398 g/mol. The van der Waals surface area contributed by atoms with Crippen molar-refractivity contribution in [1.29, 1.82) is 5.26 Å². The molecule has 1 atom stereocenters. The fourth-order valence-corrected chi connectivity index (χ4v) is 3.18. The van der Waals surface area contributed by atoms with E-state index < -0.39 is 49.3 Å². The van der Waals surface area contributed by atoms with Crippen molar-refractivity contribution in [3.63, 3.8) is 0 Å². The zero-order chi connectivity index (χ0) is 21.9. The number of hydrogen-bond acceptors (Lipinski definition) is 5. The van der Waals surface area contributed by atoms with Gasteiger partial charge in [-0.15, -0.1) is 0 Å². The fourth-order valence-electron chi connectivity index (χ4n) is 3.18. The minimum Gasteiger partial charge on any atom is -0.478 e. The number of nitrogens with one attached hydrogen (secondary N) is 1. The number of carbonyl (C=O) groups is 3. The Morgan fingerprint density at radius 1 is 1.37 bits per heavy atom. The maximum atomic E-state index is 13.5. The Morgan fingerprint density at radius 3 is 2.83 bits per heavy atom. The van der Waals surface area contributed by atoms with E-state index in [1.807, 2.05) is 0 Å². The molecule has 0 bridgehead atoms. The van der Waals surface area contributed by atoms with Crippen LogP contribution in [0.2, 0.25) is 0 Å². The normalized spacial score (nSPS) is 17.8. The second-order valence-electron chi connectivity index (χ2n) is 6.72. The van der Waals surface area contributed by atoms with Crippen LogP contribution in [0.4, 0.5) is 8.78 Å². The molecule has 0 aliphatic carbocycles. The van der Waals surface area contributed by atoms with E-state index in [9.17, 15) is 23.2 Å². The van der Waals surface area contributed by atoms with Gasteiger partial charge in [0, 0.05) is 24.1 Å². The molecule has 1 aromatic carbocycles. The predicted molar refractivity (Wildman–Crippen MR) is 101 cm³/mol. The summed E-state index contributed by atoms with van der Waals surface area (Å²) in [5, 5.41) is 20.5. The van der Waals surface area contributed by atoms with Gasteiger partial charge in [-0.3, -0.25) is 14.6 Å². The van der Waals surface area contributed by atoms with Crippen molar-refractivity contribution in [2.45, 2.75) is 18.4 Å². The summed E-state index contributed by atoms with van der Waals surface area (Å²) in [6.45, 7) is -1.41. The topological polar surface area (TPSA) is 123 Å². The standard InChI is InChI=1S/C20H16F2N4O4/c21-20(22)8-13(9-23)26(11-20)17(27)10-25-19(30)14-5-6-24-16-3-1-12(7-15(14)16)2-4-18(28)29/h1-7,13H,8,10-11H2,(H,25,30)(H,28,29)/b4-2+/t13-/m0/s1. The smallest absolute Gasteiger partial charge is 0.328 e. The number of hydrogen-bond donors (Lipinski definition) is 2. The highest BCUT2D eigenvalue weighted by atomic mass is 19.3. The van der Waals surface area contributed by atoms with Gasteiger partial charge in [0.1, 0.15) is 6.04 Å². The van der Waals surface area contributed by atoms with Crippen LogP contribution in [-0.4, -0.2) is 57.8 Å². The van der Waals surface area contributed by atoms with E-state index in [4.69, 9.17) is 10.4 Å². The van der Waals surface area contributed by atoms with Gasteiger partial charge in [-0.1, -0.05) is 6.07 Å². The lowest BCUT2D eigenvalue weighted by Gasteiger charge is -2.19. The van der Waals surface area contributed by atoms with Crippen LogP contribution >= 0.6 is 0 Å². The third-order valence-corrected chi connectivity index (χ3v) is 4.57. The summed E-state index contributed by atoms with van der Waals surface area (Å²) in [5.74, 6) is -5.67. The number of rotatable bonds is 5. The zero-order valence-corrected chi connectivity index (χ0v) is 15.5. The first-order valence-corrected chi connectivity index (χ1v) is 8.85. The summed E-state index contributed by atoms with van der Waals surface area (Å²) in [4.78, 5) is 40.4. The number of halogens is 2. The minimum absolute atomic E-state index is 0.182. The van der Waals surface area contributed by atoms with Gasteiger partial charge >= 0.3 is 5.97 Å². The van der Waals surface area contributed by atoms with Gasteiger partial charge in [-0.05, 0) is 29.8 Å². The third-order valence-electron chi connectivity index (χ3n) is 4.57. The number of nitriles is 1. The number of amides is 2. The summed E-state index contributed by atoms with van der Waals surface area (Å²) in [7, 11) is 0. The molecule has 1 aliphatic rings. The third kappa shape index (κ3) is 4.57. The molecule has 0 saturated carbocycles. The van der Waals surface area contributed by atoms with E-state index in [0.29, 0.717) is 16.5 Å². The van der Waals surface area contributed by atoms with Crippen molar-refractivity contribution >= 4 is 34.8 Å². The van der Waals surface area contributed by atoms with E-state index in [2.05, 4.69) is 10.3 Å². The monoisotopic (exact) mass is 414 g/mol. The van der Waals surface area contributed by atoms with E-state index >= 15 is 0 Å². The Hall–Kier alpha value is -3.87. The van der Waals surface area contributed by atoms with Crippen LogP contribution < -0.4 is 5.32 Å². The average Bonchev–Trinajstić information content (AvgIpc) is 3.04. The van der Waals surface area contributed by atoms with Crippen LogP contribution in [0.15, 0.2) is 36.5 Å². The van der Waals surface area contributed by atoms with E-state index in [1.165, 1.54) is 18.3 Å². The van der Waals surface area contributed by atoms with Gasteiger partial charge in [0.2, 0.25) is 5.91 Å². The van der Waals surface area contributed by atoms with E-state index in [-0.39, 0.29) is 5.56 Å². The lowest BCUT2D eigenvalue weighted by molar-refractivity contribution is -0.132. The highest BCUT2D eigenvalue weighted by Gasteiger charge is 2.47. The number of likely N-dealkylation sites (tertiary alicyclic amines) is 1. The number of aromatic nitrogens is 1. The molecule has 1 fully saturated rings. The summed E-state index contributed by atoms with van der Waals surface area (Å²) >= 11 is 0. The highest BCUT2D eigenvalue weighted by Crippen LogP contribution is 2.31. The van der Waals surface area contributed by atoms with Crippen molar-refractivity contribution in [2.24, 2.45) is 0 Å². The molecule has 30 heavy (non-hydrogen) atoms. The molecule has 0 spiro atoms. The number of alkyl halides is 2. The maximum Gasteiger partial charge on any atom is 0.328 e.